The van der Waals surface area contributed by atoms with Crippen LogP contribution >= 0.6 is 0 Å². The lowest BCUT2D eigenvalue weighted by atomic mass is 10.0. The molecule has 1 saturated heterocycles. The van der Waals surface area contributed by atoms with Crippen molar-refractivity contribution in [2.75, 3.05) is 38.1 Å². The average molecular weight is 632 g/mol. The van der Waals surface area contributed by atoms with Crippen LogP contribution in [0.3, 0.4) is 0 Å². The quantitative estimate of drug-likeness (QED) is 0.258. The van der Waals surface area contributed by atoms with Gasteiger partial charge in [0, 0.05) is 57.4 Å². The minimum Gasteiger partial charge on any atom is -0.444 e. The number of likely N-dealkylation sites (N-methyl/N-ethyl adjacent to an activating group) is 1. The van der Waals surface area contributed by atoms with Crippen LogP contribution in [0.1, 0.15) is 26.3 Å². The molecule has 0 aliphatic carbocycles. The van der Waals surface area contributed by atoms with Crippen LogP contribution in [0.25, 0.3) is 10.8 Å². The number of fused-ring (bicyclic) bond motifs is 1. The first kappa shape index (κ1) is 31.7. The zero-order valence-electron chi connectivity index (χ0n) is 25.8. The van der Waals surface area contributed by atoms with Gasteiger partial charge in [-0.2, -0.15) is 8.42 Å². The number of hydrogen-bond acceptors (Lipinski definition) is 9. The first-order chi connectivity index (χ1) is 21.4. The molecule has 2 aromatic carbocycles. The molecule has 1 atom stereocenters. The second-order valence-corrected chi connectivity index (χ2v) is 13.3. The van der Waals surface area contributed by atoms with Crippen LogP contribution in [0, 0.1) is 0 Å². The maximum absolute atomic E-state index is 13.9. The lowest BCUT2D eigenvalue weighted by molar-refractivity contribution is -0.136. The van der Waals surface area contributed by atoms with Crippen LogP contribution in [0.4, 0.5) is 10.6 Å². The van der Waals surface area contributed by atoms with Gasteiger partial charge >= 0.3 is 16.2 Å². The first-order valence-electron chi connectivity index (χ1n) is 14.7. The zero-order chi connectivity index (χ0) is 32.2. The molecule has 0 spiro atoms. The summed E-state index contributed by atoms with van der Waals surface area (Å²) < 4.78 is 37.3. The van der Waals surface area contributed by atoms with Crippen molar-refractivity contribution in [3.8, 4) is 5.75 Å². The van der Waals surface area contributed by atoms with Gasteiger partial charge in [0.05, 0.1) is 0 Å². The molecule has 4 aromatic rings. The first-order valence-corrected chi connectivity index (χ1v) is 16.1. The van der Waals surface area contributed by atoms with Crippen LogP contribution in [0.2, 0.25) is 0 Å². The molecular weight excluding hydrogens is 594 g/mol. The fourth-order valence-electron chi connectivity index (χ4n) is 5.12. The number of hydrogen-bond donors (Lipinski definition) is 0. The number of aromatic nitrogens is 2. The van der Waals surface area contributed by atoms with E-state index in [1.807, 2.05) is 24.3 Å². The SMILES string of the molecule is CN(C(=O)OC(C)(C)C)[C@@H](Cc1ccc(OS(=O)(=O)c2nccc3ccccc23)cc1)C(=O)N1CCN(c2ccccn2)CC1. The third-order valence-electron chi connectivity index (χ3n) is 7.43. The maximum atomic E-state index is 13.9. The van der Waals surface area contributed by atoms with Crippen molar-refractivity contribution in [3.05, 3.63) is 90.8 Å². The van der Waals surface area contributed by atoms with Crippen molar-refractivity contribution >= 4 is 38.7 Å². The molecule has 11 nitrogen and oxygen atoms in total. The summed E-state index contributed by atoms with van der Waals surface area (Å²) in [7, 11) is -2.66. The van der Waals surface area contributed by atoms with E-state index in [-0.39, 0.29) is 23.1 Å². The van der Waals surface area contributed by atoms with Crippen LogP contribution in [0.5, 0.6) is 5.75 Å². The third kappa shape index (κ3) is 7.69. The number of carbonyl (C=O) groups excluding carboxylic acids is 2. The number of ether oxygens (including phenoxy) is 1. The highest BCUT2D eigenvalue weighted by Gasteiger charge is 2.35. The number of piperazine rings is 1. The van der Waals surface area contributed by atoms with E-state index in [1.165, 1.54) is 23.2 Å². The van der Waals surface area contributed by atoms with Gasteiger partial charge in [-0.25, -0.2) is 14.8 Å². The number of rotatable bonds is 8. The Morgan fingerprint density at radius 2 is 1.58 bits per heavy atom. The van der Waals surface area contributed by atoms with E-state index >= 15 is 0 Å². The van der Waals surface area contributed by atoms with Crippen LogP contribution in [-0.4, -0.2) is 85.1 Å². The highest BCUT2D eigenvalue weighted by atomic mass is 32.2. The molecule has 0 N–H and O–H groups in total. The lowest BCUT2D eigenvalue weighted by Gasteiger charge is -2.39. The predicted molar refractivity (Wildman–Crippen MR) is 171 cm³/mol. The summed E-state index contributed by atoms with van der Waals surface area (Å²) in [6, 6.07) is 20.1. The van der Waals surface area contributed by atoms with E-state index in [0.29, 0.717) is 37.1 Å². The summed E-state index contributed by atoms with van der Waals surface area (Å²) in [6.07, 6.45) is 2.75. The van der Waals surface area contributed by atoms with Gasteiger partial charge < -0.3 is 18.7 Å². The molecule has 0 unspecified atom stereocenters. The van der Waals surface area contributed by atoms with Crippen molar-refractivity contribution in [2.24, 2.45) is 0 Å². The monoisotopic (exact) mass is 631 g/mol. The largest absolute Gasteiger partial charge is 0.444 e. The lowest BCUT2D eigenvalue weighted by Crippen LogP contribution is -2.56. The molecule has 12 heteroatoms. The highest BCUT2D eigenvalue weighted by molar-refractivity contribution is 7.87. The van der Waals surface area contributed by atoms with Crippen molar-refractivity contribution < 1.29 is 26.9 Å². The van der Waals surface area contributed by atoms with Gasteiger partial charge in [0.2, 0.25) is 10.9 Å². The van der Waals surface area contributed by atoms with Gasteiger partial charge in [0.15, 0.2) is 0 Å². The standard InChI is InChI=1S/C33H37N5O6S/c1-33(2,3)43-32(40)36(4)28(31(39)38-21-19-37(20-22-38)29-11-7-8-17-34-29)23-24-12-14-26(15-13-24)44-45(41,42)30-27-10-6-5-9-25(27)16-18-35-30/h5-18,28H,19-23H2,1-4H3/t28-/m0/s1. The Labute approximate surface area is 263 Å². The van der Waals surface area contributed by atoms with E-state index in [2.05, 4.69) is 14.9 Å². The summed E-state index contributed by atoms with van der Waals surface area (Å²) in [6.45, 7) is 7.48. The van der Waals surface area contributed by atoms with E-state index in [9.17, 15) is 18.0 Å². The number of anilines is 1. The summed E-state index contributed by atoms with van der Waals surface area (Å²) in [4.78, 5) is 40.7. The van der Waals surface area contributed by atoms with Gasteiger partial charge in [-0.05, 0) is 62.1 Å². The Balaban J connectivity index is 1.32. The second kappa shape index (κ2) is 13.1. The van der Waals surface area contributed by atoms with E-state index in [1.54, 1.807) is 75.3 Å². The molecule has 45 heavy (non-hydrogen) atoms. The topological polar surface area (TPSA) is 122 Å². The maximum Gasteiger partial charge on any atom is 0.410 e. The molecule has 0 saturated carbocycles. The van der Waals surface area contributed by atoms with Gasteiger partial charge in [-0.15, -0.1) is 0 Å². The van der Waals surface area contributed by atoms with Crippen molar-refractivity contribution in [1.29, 1.82) is 0 Å². The zero-order valence-corrected chi connectivity index (χ0v) is 26.6. The Kier molecular flexibility index (Phi) is 9.24. The molecule has 2 amide bonds. The number of pyridine rings is 2. The van der Waals surface area contributed by atoms with Crippen LogP contribution < -0.4 is 9.08 Å². The summed E-state index contributed by atoms with van der Waals surface area (Å²) >= 11 is 0. The number of carbonyl (C=O) groups is 2. The molecule has 1 fully saturated rings. The van der Waals surface area contributed by atoms with Crippen molar-refractivity contribution in [2.45, 2.75) is 43.9 Å². The average Bonchev–Trinajstić information content (AvgIpc) is 3.03. The minimum absolute atomic E-state index is 0.0995. The Hall–Kier alpha value is -4.71. The summed E-state index contributed by atoms with van der Waals surface area (Å²) in [5, 5.41) is 1.02. The third-order valence-corrected chi connectivity index (χ3v) is 8.64. The summed E-state index contributed by atoms with van der Waals surface area (Å²) in [5.74, 6) is 0.754. The molecule has 1 aliphatic heterocycles. The summed E-state index contributed by atoms with van der Waals surface area (Å²) in [5.41, 5.74) is -0.0275. The second-order valence-electron chi connectivity index (χ2n) is 11.8. The fraction of sp³-hybridized carbons (Fsp3) is 0.333. The minimum atomic E-state index is -4.22. The normalized spacial score (nSPS) is 14.6. The molecule has 5 rings (SSSR count). The van der Waals surface area contributed by atoms with Gasteiger partial charge in [0.25, 0.3) is 0 Å². The Morgan fingerprint density at radius 1 is 0.889 bits per heavy atom. The van der Waals surface area contributed by atoms with Crippen molar-refractivity contribution in [1.82, 2.24) is 19.8 Å². The number of nitrogens with zero attached hydrogens (tertiary/aromatic N) is 5. The van der Waals surface area contributed by atoms with Gasteiger partial charge in [-0.3, -0.25) is 9.69 Å². The molecule has 0 bridgehead atoms. The highest BCUT2D eigenvalue weighted by Crippen LogP contribution is 2.25. The molecule has 1 aliphatic rings. The van der Waals surface area contributed by atoms with Gasteiger partial charge in [-0.1, -0.05) is 42.5 Å². The Bertz CT molecular complexity index is 1750. The smallest absolute Gasteiger partial charge is 0.410 e. The molecule has 3 heterocycles. The molecule has 2 aromatic heterocycles. The van der Waals surface area contributed by atoms with Gasteiger partial charge in [0.1, 0.15) is 23.2 Å². The van der Waals surface area contributed by atoms with E-state index in [0.717, 1.165) is 11.2 Å². The number of benzene rings is 2. The Morgan fingerprint density at radius 3 is 2.24 bits per heavy atom. The molecule has 236 valence electrons. The predicted octanol–water partition coefficient (Wildman–Crippen LogP) is 4.52. The molecular formula is C33H37N5O6S. The molecule has 0 radical (unpaired) electrons. The van der Waals surface area contributed by atoms with Crippen LogP contribution in [-0.2, 0) is 26.1 Å². The van der Waals surface area contributed by atoms with Crippen molar-refractivity contribution in [3.63, 3.8) is 0 Å². The number of amides is 2. The fourth-order valence-corrected chi connectivity index (χ4v) is 6.21. The van der Waals surface area contributed by atoms with E-state index in [4.69, 9.17) is 8.92 Å². The van der Waals surface area contributed by atoms with E-state index < -0.39 is 27.9 Å². The van der Waals surface area contributed by atoms with Crippen LogP contribution in [0.15, 0.2) is 90.2 Å².